The van der Waals surface area contributed by atoms with Crippen LogP contribution in [-0.2, 0) is 0 Å². The second-order valence-electron chi connectivity index (χ2n) is 12.8. The van der Waals surface area contributed by atoms with E-state index in [9.17, 15) is 0 Å². The molecule has 0 aliphatic heterocycles. The molecule has 0 amide bonds. The van der Waals surface area contributed by atoms with E-state index in [-0.39, 0.29) is 0 Å². The molecule has 238 valence electrons. The first kappa shape index (κ1) is 27.9. The minimum atomic E-state index is 0.603. The molecule has 4 heterocycles. The van der Waals surface area contributed by atoms with Crippen LogP contribution in [0.15, 0.2) is 167 Å². The van der Waals surface area contributed by atoms with Crippen molar-refractivity contribution in [2.45, 2.75) is 0 Å². The number of fused-ring (bicyclic) bond motifs is 10. The molecule has 4 aromatic heterocycles. The van der Waals surface area contributed by atoms with Gasteiger partial charge in [-0.25, -0.2) is 15.0 Å². The highest BCUT2D eigenvalue weighted by atomic mass is 16.3. The molecule has 11 rings (SSSR count). The topological polar surface area (TPSA) is 69.9 Å². The molecule has 0 spiro atoms. The summed E-state index contributed by atoms with van der Waals surface area (Å²) in [5.41, 5.74) is 9.41. The average molecular weight is 655 g/mol. The Kier molecular flexibility index (Phi) is 5.86. The van der Waals surface area contributed by atoms with Crippen LogP contribution in [0.3, 0.4) is 0 Å². The van der Waals surface area contributed by atoms with E-state index in [0.717, 1.165) is 77.3 Å². The smallest absolute Gasteiger partial charge is 0.164 e. The number of furan rings is 2. The Balaban J connectivity index is 1.14. The summed E-state index contributed by atoms with van der Waals surface area (Å²) in [4.78, 5) is 14.8. The van der Waals surface area contributed by atoms with Gasteiger partial charge in [-0.2, -0.15) is 0 Å². The van der Waals surface area contributed by atoms with E-state index in [1.54, 1.807) is 0 Å². The summed E-state index contributed by atoms with van der Waals surface area (Å²) < 4.78 is 15.1. The minimum Gasteiger partial charge on any atom is -0.456 e. The van der Waals surface area contributed by atoms with Crippen LogP contribution in [0.2, 0.25) is 0 Å². The summed E-state index contributed by atoms with van der Waals surface area (Å²) in [7, 11) is 0. The minimum absolute atomic E-state index is 0.603. The lowest BCUT2D eigenvalue weighted by atomic mass is 10.1. The number of rotatable bonds is 4. The molecule has 11 aromatic rings. The predicted octanol–water partition coefficient (Wildman–Crippen LogP) is 11.8. The van der Waals surface area contributed by atoms with Crippen molar-refractivity contribution < 1.29 is 8.83 Å². The fourth-order valence-corrected chi connectivity index (χ4v) is 7.51. The van der Waals surface area contributed by atoms with E-state index < -0.39 is 0 Å². The highest BCUT2D eigenvalue weighted by Gasteiger charge is 2.20. The third-order valence-corrected chi connectivity index (χ3v) is 9.84. The van der Waals surface area contributed by atoms with Crippen LogP contribution < -0.4 is 0 Å². The molecule has 0 fully saturated rings. The van der Waals surface area contributed by atoms with Gasteiger partial charge in [-0.15, -0.1) is 0 Å². The maximum atomic E-state index is 6.41. The first-order valence-electron chi connectivity index (χ1n) is 16.9. The lowest BCUT2D eigenvalue weighted by Crippen LogP contribution is -2.00. The molecule has 0 aliphatic carbocycles. The zero-order chi connectivity index (χ0) is 33.5. The van der Waals surface area contributed by atoms with Gasteiger partial charge in [0.2, 0.25) is 0 Å². The molecule has 6 nitrogen and oxygen atoms in total. The number of aromatic nitrogens is 4. The number of hydrogen-bond donors (Lipinski definition) is 0. The summed E-state index contributed by atoms with van der Waals surface area (Å²) in [5.74, 6) is 1.86. The van der Waals surface area contributed by atoms with Crippen molar-refractivity contribution in [2.75, 3.05) is 0 Å². The predicted molar refractivity (Wildman–Crippen MR) is 205 cm³/mol. The second-order valence-corrected chi connectivity index (χ2v) is 12.8. The average Bonchev–Trinajstić information content (AvgIpc) is 3.87. The lowest BCUT2D eigenvalue weighted by Gasteiger charge is -2.09. The first-order chi connectivity index (χ1) is 25.3. The van der Waals surface area contributed by atoms with Crippen molar-refractivity contribution in [2.24, 2.45) is 0 Å². The highest BCUT2D eigenvalue weighted by Crippen LogP contribution is 2.42. The van der Waals surface area contributed by atoms with E-state index in [4.69, 9.17) is 23.8 Å². The van der Waals surface area contributed by atoms with Crippen molar-refractivity contribution in [1.29, 1.82) is 0 Å². The van der Waals surface area contributed by atoms with Gasteiger partial charge in [-0.05, 0) is 60.7 Å². The Morgan fingerprint density at radius 2 is 0.922 bits per heavy atom. The van der Waals surface area contributed by atoms with Gasteiger partial charge in [0, 0.05) is 49.3 Å². The van der Waals surface area contributed by atoms with Crippen molar-refractivity contribution in [1.82, 2.24) is 19.5 Å². The Morgan fingerprint density at radius 3 is 1.67 bits per heavy atom. The SMILES string of the molecule is c1ccc(-c2nc(-c3ccccc3)nc(-c3ccc4oc5ccc(-n6c7ccccc7c7ccc8oc9ccccc9c8c76)cc5c4c3)n2)cc1. The molecule has 0 unspecified atom stereocenters. The molecule has 51 heavy (non-hydrogen) atoms. The van der Waals surface area contributed by atoms with Crippen LogP contribution in [0.25, 0.3) is 106 Å². The summed E-state index contributed by atoms with van der Waals surface area (Å²) in [6.45, 7) is 0. The molecule has 6 heteroatoms. The van der Waals surface area contributed by atoms with Crippen molar-refractivity contribution in [3.05, 3.63) is 158 Å². The van der Waals surface area contributed by atoms with Gasteiger partial charge < -0.3 is 13.4 Å². The molecule has 0 atom stereocenters. The van der Waals surface area contributed by atoms with Gasteiger partial charge in [0.1, 0.15) is 22.3 Å². The standard InChI is InChI=1S/C45H26N4O2/c1-3-11-27(12-4-1)43-46-44(28-13-5-2-6-14-28)48-45(47-43)29-19-22-38-34(25-29)35-26-30(20-23-39(35)50-38)49-36-17-9-7-15-31(36)32-21-24-40-41(42(32)49)33-16-8-10-18-37(33)51-40/h1-26H. The van der Waals surface area contributed by atoms with Crippen LogP contribution in [0, 0.1) is 0 Å². The summed E-state index contributed by atoms with van der Waals surface area (Å²) in [6.07, 6.45) is 0. The third kappa shape index (κ3) is 4.26. The Morgan fingerprint density at radius 1 is 0.373 bits per heavy atom. The first-order valence-corrected chi connectivity index (χ1v) is 16.9. The van der Waals surface area contributed by atoms with Gasteiger partial charge in [-0.3, -0.25) is 0 Å². The van der Waals surface area contributed by atoms with Gasteiger partial charge in [-0.1, -0.05) is 97.1 Å². The van der Waals surface area contributed by atoms with Gasteiger partial charge in [0.25, 0.3) is 0 Å². The van der Waals surface area contributed by atoms with Gasteiger partial charge in [0.15, 0.2) is 17.5 Å². The third-order valence-electron chi connectivity index (χ3n) is 9.84. The van der Waals surface area contributed by atoms with Crippen LogP contribution in [0.5, 0.6) is 0 Å². The summed E-state index contributed by atoms with van der Waals surface area (Å²) in [6, 6.07) is 53.8. The van der Waals surface area contributed by atoms with Crippen LogP contribution >= 0.6 is 0 Å². The number of hydrogen-bond acceptors (Lipinski definition) is 5. The fourth-order valence-electron chi connectivity index (χ4n) is 7.51. The van der Waals surface area contributed by atoms with E-state index in [1.165, 1.54) is 10.8 Å². The van der Waals surface area contributed by atoms with E-state index in [0.29, 0.717) is 17.5 Å². The zero-order valence-electron chi connectivity index (χ0n) is 27.1. The van der Waals surface area contributed by atoms with Crippen LogP contribution in [-0.4, -0.2) is 19.5 Å². The molecule has 0 saturated carbocycles. The molecule has 0 bridgehead atoms. The monoisotopic (exact) mass is 654 g/mol. The lowest BCUT2D eigenvalue weighted by molar-refractivity contribution is 0.668. The normalized spacial score (nSPS) is 11.9. The molecular formula is C45H26N4O2. The quantitative estimate of drug-likeness (QED) is 0.189. The van der Waals surface area contributed by atoms with Crippen molar-refractivity contribution in [3.63, 3.8) is 0 Å². The maximum absolute atomic E-state index is 6.41. The van der Waals surface area contributed by atoms with E-state index in [2.05, 4.69) is 77.4 Å². The maximum Gasteiger partial charge on any atom is 0.164 e. The van der Waals surface area contributed by atoms with Crippen LogP contribution in [0.4, 0.5) is 0 Å². The zero-order valence-corrected chi connectivity index (χ0v) is 27.1. The molecule has 7 aromatic carbocycles. The van der Waals surface area contributed by atoms with Gasteiger partial charge >= 0.3 is 0 Å². The van der Waals surface area contributed by atoms with Crippen molar-refractivity contribution in [3.8, 4) is 39.9 Å². The summed E-state index contributed by atoms with van der Waals surface area (Å²) in [5, 5.41) is 6.59. The fraction of sp³-hybridized carbons (Fsp3) is 0. The van der Waals surface area contributed by atoms with Crippen LogP contribution in [0.1, 0.15) is 0 Å². The largest absolute Gasteiger partial charge is 0.456 e. The molecular weight excluding hydrogens is 629 g/mol. The number of benzene rings is 7. The Hall–Kier alpha value is -7.05. The number of nitrogens with zero attached hydrogens (tertiary/aromatic N) is 4. The van der Waals surface area contributed by atoms with E-state index >= 15 is 0 Å². The van der Waals surface area contributed by atoms with Crippen molar-refractivity contribution >= 4 is 65.7 Å². The van der Waals surface area contributed by atoms with Gasteiger partial charge in [0.05, 0.1) is 16.4 Å². The molecule has 0 N–H and O–H groups in total. The Bertz CT molecular complexity index is 3080. The summed E-state index contributed by atoms with van der Waals surface area (Å²) >= 11 is 0. The molecule has 0 saturated heterocycles. The molecule has 0 aliphatic rings. The molecule has 0 radical (unpaired) electrons. The number of para-hydroxylation sites is 2. The second kappa shape index (κ2) is 10.7. The van der Waals surface area contributed by atoms with E-state index in [1.807, 2.05) is 84.9 Å². The highest BCUT2D eigenvalue weighted by molar-refractivity contribution is 6.24. The Labute approximate surface area is 290 Å².